The van der Waals surface area contributed by atoms with Gasteiger partial charge >= 0.3 is 0 Å². The van der Waals surface area contributed by atoms with Crippen LogP contribution in [0, 0.1) is 0 Å². The van der Waals surface area contributed by atoms with Crippen molar-refractivity contribution in [3.8, 4) is 0 Å². The molecule has 0 atom stereocenters. The van der Waals surface area contributed by atoms with E-state index in [1.165, 1.54) is 0 Å². The summed E-state index contributed by atoms with van der Waals surface area (Å²) in [6.07, 6.45) is 9.35. The molecule has 0 unspecified atom stereocenters. The molecule has 0 aliphatic rings. The van der Waals surface area contributed by atoms with E-state index < -0.39 is 0 Å². The Kier molecular flexibility index (Phi) is 3.76. The van der Waals surface area contributed by atoms with E-state index in [9.17, 15) is 0 Å². The molecule has 0 radical (unpaired) electrons. The molecule has 0 spiro atoms. The zero-order chi connectivity index (χ0) is 9.52. The normalized spacial score (nSPS) is 13.2. The van der Waals surface area contributed by atoms with E-state index in [1.54, 1.807) is 13.3 Å². The average Bonchev–Trinajstić information content (AvgIpc) is 2.64. The quantitative estimate of drug-likeness (QED) is 0.648. The van der Waals surface area contributed by atoms with Crippen LogP contribution in [0.4, 0.5) is 0 Å². The van der Waals surface area contributed by atoms with Crippen LogP contribution in [0.3, 0.4) is 0 Å². The molecule has 0 N–H and O–H groups in total. The fourth-order valence-electron chi connectivity index (χ4n) is 0.929. The molecular weight excluding hydrogens is 162 g/mol. The molecule has 0 amide bonds. The van der Waals surface area contributed by atoms with Crippen molar-refractivity contribution in [3.63, 3.8) is 0 Å². The van der Waals surface area contributed by atoms with E-state index in [1.807, 2.05) is 43.4 Å². The van der Waals surface area contributed by atoms with Gasteiger partial charge in [-0.3, -0.25) is 4.99 Å². The van der Waals surface area contributed by atoms with Gasteiger partial charge in [0.15, 0.2) is 0 Å². The van der Waals surface area contributed by atoms with E-state index in [2.05, 4.69) is 4.99 Å². The molecule has 1 aromatic rings. The van der Waals surface area contributed by atoms with Crippen LogP contribution in [0.15, 0.2) is 46.0 Å². The van der Waals surface area contributed by atoms with Crippen LogP contribution in [0.5, 0.6) is 0 Å². The first-order chi connectivity index (χ1) is 6.36. The van der Waals surface area contributed by atoms with Gasteiger partial charge < -0.3 is 4.42 Å². The highest BCUT2D eigenvalue weighted by atomic mass is 16.3. The van der Waals surface area contributed by atoms with Crippen LogP contribution in [-0.2, 0) is 0 Å². The zero-order valence-corrected chi connectivity index (χ0v) is 7.90. The number of furan rings is 1. The summed E-state index contributed by atoms with van der Waals surface area (Å²) in [5, 5.41) is 0. The lowest BCUT2D eigenvalue weighted by atomic mass is 10.3. The Labute approximate surface area is 78.3 Å². The van der Waals surface area contributed by atoms with Crippen molar-refractivity contribution < 1.29 is 4.42 Å². The molecule has 0 aliphatic carbocycles. The predicted molar refractivity (Wildman–Crippen MR) is 55.9 cm³/mol. The number of rotatable bonds is 3. The second kappa shape index (κ2) is 5.14. The first-order valence-electron chi connectivity index (χ1n) is 4.18. The van der Waals surface area contributed by atoms with E-state index >= 15 is 0 Å². The minimum Gasteiger partial charge on any atom is -0.465 e. The van der Waals surface area contributed by atoms with Gasteiger partial charge in [0, 0.05) is 7.05 Å². The monoisotopic (exact) mass is 175 g/mol. The summed E-state index contributed by atoms with van der Waals surface area (Å²) >= 11 is 0. The number of allylic oxidation sites excluding steroid dienone is 3. The van der Waals surface area contributed by atoms with Gasteiger partial charge in [0.2, 0.25) is 0 Å². The SMILES string of the molecule is C/C=C\C(/C=C/c1ccco1)=NC. The summed E-state index contributed by atoms with van der Waals surface area (Å²) in [6.45, 7) is 1.96. The molecule has 13 heavy (non-hydrogen) atoms. The topological polar surface area (TPSA) is 25.5 Å². The molecule has 0 fully saturated rings. The fraction of sp³-hybridized carbons (Fsp3) is 0.182. The maximum atomic E-state index is 5.14. The van der Waals surface area contributed by atoms with Crippen molar-refractivity contribution in [2.75, 3.05) is 7.05 Å². The Morgan fingerprint density at radius 1 is 1.46 bits per heavy atom. The third kappa shape index (κ3) is 3.11. The Bertz CT molecular complexity index is 318. The molecule has 1 rings (SSSR count). The Balaban J connectivity index is 2.67. The number of nitrogens with zero attached hydrogens (tertiary/aromatic N) is 1. The van der Waals surface area contributed by atoms with Crippen LogP contribution in [0.2, 0.25) is 0 Å². The largest absolute Gasteiger partial charge is 0.465 e. The van der Waals surface area contributed by atoms with Gasteiger partial charge in [0.1, 0.15) is 5.76 Å². The summed E-state index contributed by atoms with van der Waals surface area (Å²) in [6, 6.07) is 3.76. The lowest BCUT2D eigenvalue weighted by Crippen LogP contribution is -1.85. The molecule has 2 heteroatoms. The molecule has 0 saturated carbocycles. The van der Waals surface area contributed by atoms with Crippen LogP contribution >= 0.6 is 0 Å². The van der Waals surface area contributed by atoms with Crippen molar-refractivity contribution >= 4 is 11.8 Å². The Morgan fingerprint density at radius 3 is 2.85 bits per heavy atom. The third-order valence-corrected chi connectivity index (χ3v) is 1.56. The summed E-state index contributed by atoms with van der Waals surface area (Å²) in [4.78, 5) is 4.08. The molecular formula is C11H13NO. The predicted octanol–water partition coefficient (Wildman–Crippen LogP) is 2.94. The Morgan fingerprint density at radius 2 is 2.31 bits per heavy atom. The van der Waals surface area contributed by atoms with Crippen molar-refractivity contribution in [2.24, 2.45) is 4.99 Å². The second-order valence-corrected chi connectivity index (χ2v) is 2.50. The van der Waals surface area contributed by atoms with E-state index in [0.717, 1.165) is 11.5 Å². The molecule has 0 saturated heterocycles. The zero-order valence-electron chi connectivity index (χ0n) is 7.90. The standard InChI is InChI=1S/C11H13NO/c1-3-5-10(12-2)7-8-11-6-4-9-13-11/h3-9H,1-2H3/b5-3-,8-7+,12-10?. The number of aliphatic imine (C=N–C) groups is 1. The third-order valence-electron chi connectivity index (χ3n) is 1.56. The van der Waals surface area contributed by atoms with Crippen molar-refractivity contribution in [3.05, 3.63) is 42.4 Å². The van der Waals surface area contributed by atoms with Crippen molar-refractivity contribution in [2.45, 2.75) is 6.92 Å². The molecule has 0 bridgehead atoms. The number of hydrogen-bond acceptors (Lipinski definition) is 2. The van der Waals surface area contributed by atoms with Gasteiger partial charge in [-0.15, -0.1) is 0 Å². The van der Waals surface area contributed by atoms with Gasteiger partial charge in [-0.05, 0) is 37.3 Å². The Hall–Kier alpha value is -1.57. The smallest absolute Gasteiger partial charge is 0.126 e. The van der Waals surface area contributed by atoms with Crippen LogP contribution in [-0.4, -0.2) is 12.8 Å². The first-order valence-corrected chi connectivity index (χ1v) is 4.18. The lowest BCUT2D eigenvalue weighted by molar-refractivity contribution is 0.557. The highest BCUT2D eigenvalue weighted by molar-refractivity contribution is 6.06. The van der Waals surface area contributed by atoms with Crippen LogP contribution < -0.4 is 0 Å². The first kappa shape index (κ1) is 9.52. The molecule has 0 aromatic carbocycles. The lowest BCUT2D eigenvalue weighted by Gasteiger charge is -1.88. The molecule has 0 aliphatic heterocycles. The molecule has 68 valence electrons. The molecule has 2 nitrogen and oxygen atoms in total. The second-order valence-electron chi connectivity index (χ2n) is 2.50. The minimum absolute atomic E-state index is 0.839. The van der Waals surface area contributed by atoms with Gasteiger partial charge in [0.25, 0.3) is 0 Å². The highest BCUT2D eigenvalue weighted by Crippen LogP contribution is 2.02. The van der Waals surface area contributed by atoms with Crippen molar-refractivity contribution in [1.29, 1.82) is 0 Å². The van der Waals surface area contributed by atoms with E-state index in [4.69, 9.17) is 4.42 Å². The van der Waals surface area contributed by atoms with Gasteiger partial charge in [-0.2, -0.15) is 0 Å². The summed E-state index contributed by atoms with van der Waals surface area (Å²) in [5.41, 5.74) is 0.930. The van der Waals surface area contributed by atoms with Crippen LogP contribution in [0.1, 0.15) is 12.7 Å². The molecule has 1 aromatic heterocycles. The van der Waals surface area contributed by atoms with Gasteiger partial charge in [-0.25, -0.2) is 0 Å². The van der Waals surface area contributed by atoms with Gasteiger partial charge in [-0.1, -0.05) is 6.08 Å². The minimum atomic E-state index is 0.839. The van der Waals surface area contributed by atoms with Crippen LogP contribution in [0.25, 0.3) is 6.08 Å². The summed E-state index contributed by atoms with van der Waals surface area (Å²) in [5.74, 6) is 0.839. The summed E-state index contributed by atoms with van der Waals surface area (Å²) in [7, 11) is 1.77. The maximum Gasteiger partial charge on any atom is 0.126 e. The maximum absolute atomic E-state index is 5.14. The van der Waals surface area contributed by atoms with Gasteiger partial charge in [0.05, 0.1) is 12.0 Å². The fourth-order valence-corrected chi connectivity index (χ4v) is 0.929. The van der Waals surface area contributed by atoms with E-state index in [0.29, 0.717) is 0 Å². The van der Waals surface area contributed by atoms with E-state index in [-0.39, 0.29) is 0 Å². The average molecular weight is 175 g/mol. The summed E-state index contributed by atoms with van der Waals surface area (Å²) < 4.78 is 5.14. The number of hydrogen-bond donors (Lipinski definition) is 0. The highest BCUT2D eigenvalue weighted by Gasteiger charge is 1.88. The van der Waals surface area contributed by atoms with Crippen molar-refractivity contribution in [1.82, 2.24) is 0 Å². The molecule has 1 heterocycles.